The molecule has 2 aromatic heterocycles. The third-order valence-corrected chi connectivity index (χ3v) is 5.22. The van der Waals surface area contributed by atoms with E-state index in [1.54, 1.807) is 54.6 Å². The Morgan fingerprint density at radius 2 is 1.70 bits per heavy atom. The van der Waals surface area contributed by atoms with Gasteiger partial charge in [0, 0.05) is 16.5 Å². The van der Waals surface area contributed by atoms with Gasteiger partial charge in [-0.15, -0.1) is 0 Å². The van der Waals surface area contributed by atoms with Gasteiger partial charge in [0.1, 0.15) is 5.75 Å². The van der Waals surface area contributed by atoms with Gasteiger partial charge in [0.05, 0.1) is 17.7 Å². The number of hydrogen-bond acceptors (Lipinski definition) is 6. The van der Waals surface area contributed by atoms with Crippen LogP contribution in [0.2, 0.25) is 0 Å². The smallest absolute Gasteiger partial charge is 0.336 e. The number of hydrogen-bond donors (Lipinski definition) is 1. The Bertz CT molecular complexity index is 1580. The van der Waals surface area contributed by atoms with Crippen LogP contribution in [0.5, 0.6) is 5.75 Å². The van der Waals surface area contributed by atoms with E-state index >= 15 is 0 Å². The molecule has 8 heteroatoms. The van der Waals surface area contributed by atoms with Crippen LogP contribution in [0.15, 0.2) is 77.6 Å². The molecule has 5 rings (SSSR count). The van der Waals surface area contributed by atoms with Crippen molar-refractivity contribution in [3.8, 4) is 28.4 Å². The predicted molar refractivity (Wildman–Crippen MR) is 124 cm³/mol. The number of ether oxygens (including phenoxy) is 1. The normalized spacial score (nSPS) is 11.1. The summed E-state index contributed by atoms with van der Waals surface area (Å²) < 4.78 is 6.91. The lowest BCUT2D eigenvalue weighted by Crippen LogP contribution is -2.18. The number of benzene rings is 3. The van der Waals surface area contributed by atoms with Crippen LogP contribution in [0.25, 0.3) is 39.2 Å². The largest absolute Gasteiger partial charge is 0.494 e. The molecule has 0 aliphatic heterocycles. The van der Waals surface area contributed by atoms with Crippen LogP contribution in [-0.4, -0.2) is 37.3 Å². The van der Waals surface area contributed by atoms with Crippen molar-refractivity contribution in [1.29, 1.82) is 0 Å². The first kappa shape index (κ1) is 20.3. The molecule has 0 atom stereocenters. The number of carbonyl (C=O) groups is 1. The fourth-order valence-corrected chi connectivity index (χ4v) is 3.73. The molecule has 2 heterocycles. The first-order valence-corrected chi connectivity index (χ1v) is 10.3. The third-order valence-electron chi connectivity index (χ3n) is 5.22. The van der Waals surface area contributed by atoms with Crippen LogP contribution in [0, 0.1) is 0 Å². The number of aromatic nitrogens is 4. The molecule has 162 valence electrons. The van der Waals surface area contributed by atoms with Gasteiger partial charge in [0.2, 0.25) is 0 Å². The Morgan fingerprint density at radius 3 is 2.45 bits per heavy atom. The highest BCUT2D eigenvalue weighted by Gasteiger charge is 2.19. The van der Waals surface area contributed by atoms with Gasteiger partial charge in [0.15, 0.2) is 17.2 Å². The van der Waals surface area contributed by atoms with E-state index in [1.807, 2.05) is 19.1 Å². The zero-order valence-electron chi connectivity index (χ0n) is 17.6. The van der Waals surface area contributed by atoms with E-state index in [0.717, 1.165) is 0 Å². The van der Waals surface area contributed by atoms with Gasteiger partial charge in [-0.05, 0) is 49.4 Å². The van der Waals surface area contributed by atoms with Crippen molar-refractivity contribution in [1.82, 2.24) is 19.6 Å². The number of aromatic carboxylic acids is 1. The van der Waals surface area contributed by atoms with Crippen LogP contribution in [0.1, 0.15) is 17.3 Å². The minimum Gasteiger partial charge on any atom is -0.494 e. The van der Waals surface area contributed by atoms with Crippen molar-refractivity contribution in [2.24, 2.45) is 0 Å². The Balaban J connectivity index is 1.84. The summed E-state index contributed by atoms with van der Waals surface area (Å²) in [6, 6.07) is 20.8. The molecule has 0 saturated carbocycles. The molecule has 5 aromatic rings. The Morgan fingerprint density at radius 1 is 0.970 bits per heavy atom. The van der Waals surface area contributed by atoms with Gasteiger partial charge in [-0.3, -0.25) is 4.79 Å². The first-order valence-electron chi connectivity index (χ1n) is 10.3. The van der Waals surface area contributed by atoms with E-state index in [1.165, 1.54) is 10.6 Å². The maximum absolute atomic E-state index is 13.0. The van der Waals surface area contributed by atoms with Crippen LogP contribution < -0.4 is 10.3 Å². The fourth-order valence-electron chi connectivity index (χ4n) is 3.73. The zero-order valence-corrected chi connectivity index (χ0v) is 17.6. The number of para-hydroxylation sites is 1. The molecule has 0 amide bonds. The lowest BCUT2D eigenvalue weighted by atomic mass is 10.1. The average Bonchev–Trinajstić information content (AvgIpc) is 2.84. The number of carboxylic acids is 1. The quantitative estimate of drug-likeness (QED) is 0.412. The lowest BCUT2D eigenvalue weighted by molar-refractivity contribution is 0.0697. The Labute approximate surface area is 187 Å². The fraction of sp³-hybridized carbons (Fsp3) is 0.0800. The molecule has 0 fully saturated rings. The van der Waals surface area contributed by atoms with E-state index < -0.39 is 11.5 Å². The molecule has 8 nitrogen and oxygen atoms in total. The van der Waals surface area contributed by atoms with Crippen molar-refractivity contribution < 1.29 is 14.6 Å². The van der Waals surface area contributed by atoms with Gasteiger partial charge >= 0.3 is 5.97 Å². The summed E-state index contributed by atoms with van der Waals surface area (Å²) in [5, 5.41) is 15.0. The number of nitrogens with zero attached hydrogens (tertiary/aromatic N) is 4. The molecule has 0 spiro atoms. The average molecular weight is 438 g/mol. The SMILES string of the molecule is CCOc1ccc(-c2nn3c(-c4ccccc4C(=O)O)nc4ccccc4c3nc2=O)cc1. The summed E-state index contributed by atoms with van der Waals surface area (Å²) in [5.41, 5.74) is 1.53. The number of carboxylic acid groups (broad SMARTS) is 1. The standard InChI is InChI=1S/C25H18N4O4/c1-2-33-16-13-11-15(12-14-16)21-24(30)27-23-19-9-5-6-10-20(19)26-22(29(23)28-21)17-7-3-4-8-18(17)25(31)32/h3-14H,2H2,1H3,(H,31,32). The minimum absolute atomic E-state index is 0.0738. The van der Waals surface area contributed by atoms with E-state index in [2.05, 4.69) is 10.1 Å². The topological polar surface area (TPSA) is 107 Å². The monoisotopic (exact) mass is 438 g/mol. The molecule has 3 aromatic carbocycles. The van der Waals surface area contributed by atoms with E-state index in [9.17, 15) is 14.7 Å². The summed E-state index contributed by atoms with van der Waals surface area (Å²) >= 11 is 0. The van der Waals surface area contributed by atoms with Crippen molar-refractivity contribution in [3.05, 3.63) is 88.7 Å². The van der Waals surface area contributed by atoms with Gasteiger partial charge in [-0.2, -0.15) is 14.6 Å². The van der Waals surface area contributed by atoms with Crippen molar-refractivity contribution in [3.63, 3.8) is 0 Å². The number of rotatable bonds is 5. The molecular weight excluding hydrogens is 420 g/mol. The molecule has 0 radical (unpaired) electrons. The van der Waals surface area contributed by atoms with Gasteiger partial charge < -0.3 is 9.84 Å². The first-order chi connectivity index (χ1) is 16.1. The molecular formula is C25H18N4O4. The van der Waals surface area contributed by atoms with Gasteiger partial charge in [0.25, 0.3) is 5.56 Å². The molecule has 0 unspecified atom stereocenters. The van der Waals surface area contributed by atoms with Crippen molar-refractivity contribution in [2.45, 2.75) is 6.92 Å². The third kappa shape index (κ3) is 3.57. The summed E-state index contributed by atoms with van der Waals surface area (Å²) in [5.74, 6) is -0.130. The maximum atomic E-state index is 13.0. The number of fused-ring (bicyclic) bond motifs is 3. The lowest BCUT2D eigenvalue weighted by Gasteiger charge is -2.13. The molecule has 0 bridgehead atoms. The van der Waals surface area contributed by atoms with Crippen LogP contribution in [-0.2, 0) is 0 Å². The van der Waals surface area contributed by atoms with Crippen LogP contribution >= 0.6 is 0 Å². The highest BCUT2D eigenvalue weighted by Crippen LogP contribution is 2.27. The predicted octanol–water partition coefficient (Wildman–Crippen LogP) is 4.07. The van der Waals surface area contributed by atoms with E-state index in [4.69, 9.17) is 9.72 Å². The van der Waals surface area contributed by atoms with Gasteiger partial charge in [-0.25, -0.2) is 9.78 Å². The highest BCUT2D eigenvalue weighted by molar-refractivity contribution is 5.97. The summed E-state index contributed by atoms with van der Waals surface area (Å²) in [7, 11) is 0. The summed E-state index contributed by atoms with van der Waals surface area (Å²) in [6.07, 6.45) is 0. The van der Waals surface area contributed by atoms with Gasteiger partial charge in [-0.1, -0.05) is 30.3 Å². The minimum atomic E-state index is -1.09. The molecule has 1 N–H and O–H groups in total. The maximum Gasteiger partial charge on any atom is 0.336 e. The second kappa shape index (κ2) is 8.16. The molecule has 0 aliphatic carbocycles. The zero-order chi connectivity index (χ0) is 22.9. The van der Waals surface area contributed by atoms with E-state index in [0.29, 0.717) is 40.0 Å². The molecule has 33 heavy (non-hydrogen) atoms. The summed E-state index contributed by atoms with van der Waals surface area (Å²) in [4.78, 5) is 33.9. The summed E-state index contributed by atoms with van der Waals surface area (Å²) in [6.45, 7) is 2.42. The van der Waals surface area contributed by atoms with Crippen LogP contribution in [0.3, 0.4) is 0 Å². The second-order valence-corrected chi connectivity index (χ2v) is 7.26. The highest BCUT2D eigenvalue weighted by atomic mass is 16.5. The second-order valence-electron chi connectivity index (χ2n) is 7.26. The molecule has 0 saturated heterocycles. The van der Waals surface area contributed by atoms with Crippen LogP contribution in [0.4, 0.5) is 0 Å². The molecule has 0 aliphatic rings. The van der Waals surface area contributed by atoms with Crippen molar-refractivity contribution >= 4 is 22.5 Å². The Kier molecular flexibility index (Phi) is 5.02. The Hall–Kier alpha value is -4.59. The van der Waals surface area contributed by atoms with E-state index in [-0.39, 0.29) is 17.1 Å². The van der Waals surface area contributed by atoms with Crippen molar-refractivity contribution in [2.75, 3.05) is 6.61 Å².